The summed E-state index contributed by atoms with van der Waals surface area (Å²) in [7, 11) is 1.67. The highest BCUT2D eigenvalue weighted by molar-refractivity contribution is 5.94. The first-order valence-corrected chi connectivity index (χ1v) is 9.23. The molecule has 0 aliphatic rings. The van der Waals surface area contributed by atoms with Crippen molar-refractivity contribution >= 4 is 17.6 Å². The van der Waals surface area contributed by atoms with E-state index >= 15 is 0 Å². The highest BCUT2D eigenvalue weighted by Crippen LogP contribution is 2.08. The Morgan fingerprint density at radius 2 is 2.04 bits per heavy atom. The topological polar surface area (TPSA) is 68.8 Å². The third kappa shape index (κ3) is 8.80. The summed E-state index contributed by atoms with van der Waals surface area (Å²) in [6.45, 7) is 9.73. The Bertz CT molecular complexity index is 575. The number of amides is 1. The first-order valence-electron chi connectivity index (χ1n) is 9.23. The van der Waals surface area contributed by atoms with Gasteiger partial charge in [-0.1, -0.05) is 19.9 Å². The number of carbonyl (C=O) groups excluding carboxylic acids is 1. The summed E-state index contributed by atoms with van der Waals surface area (Å²) in [5.41, 5.74) is 0.435. The predicted octanol–water partition coefficient (Wildman–Crippen LogP) is 2.44. The Balaban J connectivity index is 2.32. The second kappa shape index (κ2) is 12.2. The van der Waals surface area contributed by atoms with Crippen molar-refractivity contribution in [3.05, 3.63) is 30.1 Å². The van der Waals surface area contributed by atoms with E-state index in [0.29, 0.717) is 11.6 Å². The highest BCUT2D eigenvalue weighted by Gasteiger charge is 2.08. The van der Waals surface area contributed by atoms with E-state index in [-0.39, 0.29) is 24.3 Å². The Hall–Kier alpha value is -2.15. The molecule has 6 nitrogen and oxygen atoms in total. The monoisotopic (exact) mass is 365 g/mol. The van der Waals surface area contributed by atoms with Crippen molar-refractivity contribution in [1.29, 1.82) is 0 Å². The molecule has 1 aromatic rings. The van der Waals surface area contributed by atoms with Crippen LogP contribution in [0, 0.1) is 5.82 Å². The van der Waals surface area contributed by atoms with Gasteiger partial charge in [0.25, 0.3) is 0 Å². The largest absolute Gasteiger partial charge is 0.354 e. The summed E-state index contributed by atoms with van der Waals surface area (Å²) in [5, 5.41) is 8.91. The van der Waals surface area contributed by atoms with E-state index in [2.05, 4.69) is 46.6 Å². The maximum Gasteiger partial charge on any atom is 0.243 e. The van der Waals surface area contributed by atoms with Gasteiger partial charge in [0.2, 0.25) is 5.91 Å². The quantitative estimate of drug-likeness (QED) is 0.440. The number of rotatable bonds is 10. The molecule has 0 saturated heterocycles. The Labute approximate surface area is 156 Å². The molecule has 0 heterocycles. The fourth-order valence-electron chi connectivity index (χ4n) is 2.60. The molecule has 0 fully saturated rings. The lowest BCUT2D eigenvalue weighted by atomic mass is 10.2. The molecule has 7 heteroatoms. The molecule has 3 N–H and O–H groups in total. The van der Waals surface area contributed by atoms with E-state index in [9.17, 15) is 9.18 Å². The SMILES string of the molecule is CCN(CC)CCCC(C)NC(=NC)NCC(=O)Nc1cccc(F)c1. The number of aliphatic imine (C=N–C) groups is 1. The Kier molecular flexibility index (Phi) is 10.3. The lowest BCUT2D eigenvalue weighted by molar-refractivity contribution is -0.115. The van der Waals surface area contributed by atoms with Crippen LogP contribution in [0.2, 0.25) is 0 Å². The molecule has 0 aliphatic carbocycles. The number of halogens is 1. The molecule has 0 bridgehead atoms. The van der Waals surface area contributed by atoms with Crippen molar-refractivity contribution in [2.45, 2.75) is 39.7 Å². The predicted molar refractivity (Wildman–Crippen MR) is 106 cm³/mol. The summed E-state index contributed by atoms with van der Waals surface area (Å²) in [5.74, 6) is -0.0609. The summed E-state index contributed by atoms with van der Waals surface area (Å²) in [6, 6.07) is 6.07. The van der Waals surface area contributed by atoms with Crippen molar-refractivity contribution in [1.82, 2.24) is 15.5 Å². The molecule has 0 radical (unpaired) electrons. The molecule has 146 valence electrons. The Morgan fingerprint density at radius 3 is 2.65 bits per heavy atom. The summed E-state index contributed by atoms with van der Waals surface area (Å²) >= 11 is 0. The molecule has 1 unspecified atom stereocenters. The number of hydrogen-bond donors (Lipinski definition) is 3. The molecule has 1 atom stereocenters. The van der Waals surface area contributed by atoms with Gasteiger partial charge in [-0.2, -0.15) is 0 Å². The maximum atomic E-state index is 13.1. The van der Waals surface area contributed by atoms with Gasteiger partial charge < -0.3 is 20.9 Å². The van der Waals surface area contributed by atoms with Gasteiger partial charge in [-0.3, -0.25) is 9.79 Å². The van der Waals surface area contributed by atoms with Gasteiger partial charge in [-0.05, 0) is 57.6 Å². The van der Waals surface area contributed by atoms with Crippen molar-refractivity contribution in [3.63, 3.8) is 0 Å². The smallest absolute Gasteiger partial charge is 0.243 e. The number of hydrogen-bond acceptors (Lipinski definition) is 3. The molecule has 0 aliphatic heterocycles. The second-order valence-electron chi connectivity index (χ2n) is 6.20. The van der Waals surface area contributed by atoms with Gasteiger partial charge in [-0.25, -0.2) is 4.39 Å². The fraction of sp³-hybridized carbons (Fsp3) is 0.579. The van der Waals surface area contributed by atoms with Crippen LogP contribution in [0.3, 0.4) is 0 Å². The summed E-state index contributed by atoms with van der Waals surface area (Å²) < 4.78 is 13.1. The van der Waals surface area contributed by atoms with Gasteiger partial charge >= 0.3 is 0 Å². The minimum absolute atomic E-state index is 0.0579. The van der Waals surface area contributed by atoms with E-state index in [4.69, 9.17) is 0 Å². The fourth-order valence-corrected chi connectivity index (χ4v) is 2.60. The van der Waals surface area contributed by atoms with Crippen LogP contribution in [0.4, 0.5) is 10.1 Å². The van der Waals surface area contributed by atoms with Gasteiger partial charge in [0.1, 0.15) is 5.82 Å². The average Bonchev–Trinajstić information content (AvgIpc) is 2.62. The van der Waals surface area contributed by atoms with Gasteiger partial charge in [0, 0.05) is 18.8 Å². The number of nitrogens with one attached hydrogen (secondary N) is 3. The Morgan fingerprint density at radius 1 is 1.31 bits per heavy atom. The van der Waals surface area contributed by atoms with Crippen molar-refractivity contribution in [2.24, 2.45) is 4.99 Å². The highest BCUT2D eigenvalue weighted by atomic mass is 19.1. The van der Waals surface area contributed by atoms with Crippen LogP contribution in [0.5, 0.6) is 0 Å². The molecule has 1 amide bonds. The third-order valence-corrected chi connectivity index (χ3v) is 4.14. The molecule has 0 spiro atoms. The van der Waals surface area contributed by atoms with Crippen molar-refractivity contribution < 1.29 is 9.18 Å². The summed E-state index contributed by atoms with van der Waals surface area (Å²) in [4.78, 5) is 18.5. The van der Waals surface area contributed by atoms with Gasteiger partial charge in [0.05, 0.1) is 6.54 Å². The van der Waals surface area contributed by atoms with Crippen LogP contribution < -0.4 is 16.0 Å². The van der Waals surface area contributed by atoms with E-state index in [1.165, 1.54) is 12.1 Å². The average molecular weight is 365 g/mol. The summed E-state index contributed by atoms with van der Waals surface area (Å²) in [6.07, 6.45) is 2.12. The zero-order chi connectivity index (χ0) is 19.4. The molecule has 0 aromatic heterocycles. The zero-order valence-corrected chi connectivity index (χ0v) is 16.3. The van der Waals surface area contributed by atoms with Gasteiger partial charge in [-0.15, -0.1) is 0 Å². The molecular formula is C19H32FN5O. The van der Waals surface area contributed by atoms with Crippen LogP contribution in [-0.2, 0) is 4.79 Å². The molecule has 0 saturated carbocycles. The first-order chi connectivity index (χ1) is 12.5. The van der Waals surface area contributed by atoms with E-state index in [1.807, 2.05) is 0 Å². The molecular weight excluding hydrogens is 333 g/mol. The molecule has 1 rings (SSSR count). The molecule has 1 aromatic carbocycles. The number of guanidine groups is 1. The van der Waals surface area contributed by atoms with Crippen LogP contribution in [0.15, 0.2) is 29.3 Å². The van der Waals surface area contributed by atoms with Crippen molar-refractivity contribution in [3.8, 4) is 0 Å². The minimum Gasteiger partial charge on any atom is -0.354 e. The lowest BCUT2D eigenvalue weighted by Gasteiger charge is -2.21. The zero-order valence-electron chi connectivity index (χ0n) is 16.3. The van der Waals surface area contributed by atoms with E-state index in [1.54, 1.807) is 19.2 Å². The molecule has 26 heavy (non-hydrogen) atoms. The standard InChI is InChI=1S/C19H32FN5O/c1-5-25(6-2)12-8-9-15(3)23-19(21-4)22-14-18(26)24-17-11-7-10-16(20)13-17/h7,10-11,13,15H,5-6,8-9,12,14H2,1-4H3,(H,24,26)(H2,21,22,23). The van der Waals surface area contributed by atoms with E-state index < -0.39 is 0 Å². The number of anilines is 1. The number of nitrogens with zero attached hydrogens (tertiary/aromatic N) is 2. The first kappa shape index (κ1) is 21.9. The van der Waals surface area contributed by atoms with Crippen LogP contribution in [0.25, 0.3) is 0 Å². The minimum atomic E-state index is -0.383. The van der Waals surface area contributed by atoms with Gasteiger partial charge in [0.15, 0.2) is 5.96 Å². The number of benzene rings is 1. The van der Waals surface area contributed by atoms with Crippen LogP contribution in [-0.4, -0.2) is 56.0 Å². The van der Waals surface area contributed by atoms with Crippen LogP contribution in [0.1, 0.15) is 33.6 Å². The van der Waals surface area contributed by atoms with E-state index in [0.717, 1.165) is 32.5 Å². The second-order valence-corrected chi connectivity index (χ2v) is 6.20. The number of carbonyl (C=O) groups is 1. The van der Waals surface area contributed by atoms with Crippen molar-refractivity contribution in [2.75, 3.05) is 38.5 Å². The van der Waals surface area contributed by atoms with Crippen LogP contribution >= 0.6 is 0 Å². The normalized spacial score (nSPS) is 12.8. The lowest BCUT2D eigenvalue weighted by Crippen LogP contribution is -2.45. The third-order valence-electron chi connectivity index (χ3n) is 4.14. The maximum absolute atomic E-state index is 13.1.